The second-order valence-electron chi connectivity index (χ2n) is 5.28. The van der Waals surface area contributed by atoms with Crippen LogP contribution < -0.4 is 10.3 Å². The molecule has 2 heterocycles. The summed E-state index contributed by atoms with van der Waals surface area (Å²) < 4.78 is 5.34. The quantitative estimate of drug-likeness (QED) is 0.501. The van der Waals surface area contributed by atoms with Gasteiger partial charge in [-0.25, -0.2) is 5.43 Å². The lowest BCUT2D eigenvalue weighted by Crippen LogP contribution is -2.36. The molecule has 3 rings (SSSR count). The van der Waals surface area contributed by atoms with E-state index in [0.29, 0.717) is 36.7 Å². The van der Waals surface area contributed by atoms with Crippen LogP contribution >= 0.6 is 11.3 Å². The van der Waals surface area contributed by atoms with Crippen LogP contribution in [0.15, 0.2) is 40.8 Å². The Morgan fingerprint density at radius 1 is 1.36 bits per heavy atom. The van der Waals surface area contributed by atoms with E-state index in [2.05, 4.69) is 15.4 Å². The van der Waals surface area contributed by atoms with E-state index in [1.165, 1.54) is 29.7 Å². The van der Waals surface area contributed by atoms with Crippen LogP contribution in [-0.2, 0) is 4.74 Å². The Labute approximate surface area is 147 Å². The molecular formula is C16H16N4O4S. The van der Waals surface area contributed by atoms with Gasteiger partial charge in [-0.3, -0.25) is 14.9 Å². The van der Waals surface area contributed by atoms with Gasteiger partial charge in [0.05, 0.1) is 29.2 Å². The van der Waals surface area contributed by atoms with Gasteiger partial charge >= 0.3 is 0 Å². The molecule has 1 aromatic carbocycles. The van der Waals surface area contributed by atoms with Crippen molar-refractivity contribution in [3.05, 3.63) is 56.3 Å². The summed E-state index contributed by atoms with van der Waals surface area (Å²) >= 11 is 1.31. The van der Waals surface area contributed by atoms with E-state index in [1.54, 1.807) is 23.6 Å². The van der Waals surface area contributed by atoms with Crippen molar-refractivity contribution in [3.8, 4) is 0 Å². The molecule has 1 aromatic heterocycles. The first-order valence-corrected chi connectivity index (χ1v) is 8.51. The summed E-state index contributed by atoms with van der Waals surface area (Å²) in [5, 5.41) is 16.8. The lowest BCUT2D eigenvalue weighted by Gasteiger charge is -2.29. The fourth-order valence-electron chi connectivity index (χ4n) is 2.47. The van der Waals surface area contributed by atoms with Gasteiger partial charge in [0.15, 0.2) is 0 Å². The van der Waals surface area contributed by atoms with Crippen LogP contribution in [0.5, 0.6) is 0 Å². The first kappa shape index (κ1) is 17.1. The summed E-state index contributed by atoms with van der Waals surface area (Å²) in [7, 11) is 0. The number of nitro groups is 1. The predicted molar refractivity (Wildman–Crippen MR) is 95.5 cm³/mol. The monoisotopic (exact) mass is 360 g/mol. The zero-order valence-corrected chi connectivity index (χ0v) is 14.1. The summed E-state index contributed by atoms with van der Waals surface area (Å²) in [6, 6.07) is 8.09. The Kier molecular flexibility index (Phi) is 5.36. The minimum absolute atomic E-state index is 0.0250. The molecule has 0 spiro atoms. The number of anilines is 1. The first-order chi connectivity index (χ1) is 12.1. The standard InChI is InChI=1S/C16H16N4O4S/c21-16(15-2-1-9-25-15)18-17-11-12-10-13(20(22)23)3-4-14(12)19-5-7-24-8-6-19/h1-4,9-11H,5-8H2,(H,18,21)/b17-11-. The number of hydrazone groups is 1. The summed E-state index contributed by atoms with van der Waals surface area (Å²) in [6.45, 7) is 2.59. The molecular weight excluding hydrogens is 344 g/mol. The molecule has 0 unspecified atom stereocenters. The molecule has 9 heteroatoms. The lowest BCUT2D eigenvalue weighted by atomic mass is 10.1. The third-order valence-corrected chi connectivity index (χ3v) is 4.56. The number of nitro benzene ring substituents is 1. The molecule has 1 N–H and O–H groups in total. The molecule has 1 aliphatic heterocycles. The van der Waals surface area contributed by atoms with Crippen LogP contribution in [0.1, 0.15) is 15.2 Å². The number of amides is 1. The molecule has 0 aliphatic carbocycles. The maximum atomic E-state index is 11.9. The SMILES string of the molecule is O=C(N/N=C\c1cc([N+](=O)[O-])ccc1N1CCOCC1)c1cccs1. The number of thiophene rings is 1. The van der Waals surface area contributed by atoms with Crippen LogP contribution in [0.3, 0.4) is 0 Å². The molecule has 1 amide bonds. The normalized spacial score (nSPS) is 14.6. The summed E-state index contributed by atoms with van der Waals surface area (Å²) in [5.41, 5.74) is 3.81. The third-order valence-electron chi connectivity index (χ3n) is 3.69. The molecule has 2 aromatic rings. The van der Waals surface area contributed by atoms with Gasteiger partial charge in [-0.15, -0.1) is 11.3 Å². The smallest absolute Gasteiger partial charge is 0.281 e. The number of hydrogen-bond acceptors (Lipinski definition) is 7. The average molecular weight is 360 g/mol. The number of nitrogens with zero attached hydrogens (tertiary/aromatic N) is 3. The van der Waals surface area contributed by atoms with E-state index >= 15 is 0 Å². The fourth-order valence-corrected chi connectivity index (χ4v) is 3.09. The molecule has 0 bridgehead atoms. The summed E-state index contributed by atoms with van der Waals surface area (Å²) in [4.78, 5) is 25.1. The lowest BCUT2D eigenvalue weighted by molar-refractivity contribution is -0.384. The first-order valence-electron chi connectivity index (χ1n) is 7.63. The Hall–Kier alpha value is -2.78. The third kappa shape index (κ3) is 4.20. The number of ether oxygens (including phenoxy) is 1. The molecule has 0 saturated carbocycles. The maximum Gasteiger partial charge on any atom is 0.281 e. The number of hydrogen-bond donors (Lipinski definition) is 1. The molecule has 0 radical (unpaired) electrons. The Morgan fingerprint density at radius 3 is 2.84 bits per heavy atom. The van der Waals surface area contributed by atoms with E-state index < -0.39 is 4.92 Å². The van der Waals surface area contributed by atoms with Gasteiger partial charge in [-0.2, -0.15) is 5.10 Å². The van der Waals surface area contributed by atoms with E-state index in [1.807, 2.05) is 0 Å². The van der Waals surface area contributed by atoms with Crippen LogP contribution in [0.4, 0.5) is 11.4 Å². The Bertz CT molecular complexity index is 785. The zero-order valence-electron chi connectivity index (χ0n) is 13.3. The number of rotatable bonds is 5. The number of carbonyl (C=O) groups is 1. The Balaban J connectivity index is 1.81. The molecule has 1 saturated heterocycles. The molecule has 0 atom stereocenters. The fraction of sp³-hybridized carbons (Fsp3) is 0.250. The number of nitrogens with one attached hydrogen (secondary N) is 1. The largest absolute Gasteiger partial charge is 0.378 e. The van der Waals surface area contributed by atoms with Crippen molar-refractivity contribution in [2.45, 2.75) is 0 Å². The Morgan fingerprint density at radius 2 is 2.16 bits per heavy atom. The van der Waals surface area contributed by atoms with Gasteiger partial charge in [-0.05, 0) is 17.5 Å². The van der Waals surface area contributed by atoms with Gasteiger partial charge in [0, 0.05) is 36.5 Å². The van der Waals surface area contributed by atoms with Crippen molar-refractivity contribution in [3.63, 3.8) is 0 Å². The van der Waals surface area contributed by atoms with Gasteiger partial charge in [0.1, 0.15) is 0 Å². The maximum absolute atomic E-state index is 11.9. The van der Waals surface area contributed by atoms with E-state index in [9.17, 15) is 14.9 Å². The van der Waals surface area contributed by atoms with Gasteiger partial charge in [0.2, 0.25) is 0 Å². The average Bonchev–Trinajstić information content (AvgIpc) is 3.17. The van der Waals surface area contributed by atoms with Crippen LogP contribution in [-0.4, -0.2) is 43.3 Å². The van der Waals surface area contributed by atoms with Gasteiger partial charge < -0.3 is 9.64 Å². The number of morpholine rings is 1. The highest BCUT2D eigenvalue weighted by molar-refractivity contribution is 7.12. The molecule has 8 nitrogen and oxygen atoms in total. The van der Waals surface area contributed by atoms with Crippen molar-refractivity contribution >= 4 is 34.8 Å². The van der Waals surface area contributed by atoms with Crippen LogP contribution in [0.25, 0.3) is 0 Å². The number of non-ortho nitro benzene ring substituents is 1. The van der Waals surface area contributed by atoms with Gasteiger partial charge in [0.25, 0.3) is 11.6 Å². The minimum Gasteiger partial charge on any atom is -0.378 e. The second-order valence-corrected chi connectivity index (χ2v) is 6.22. The molecule has 25 heavy (non-hydrogen) atoms. The van der Waals surface area contributed by atoms with E-state index in [-0.39, 0.29) is 11.6 Å². The van der Waals surface area contributed by atoms with Crippen molar-refractivity contribution < 1.29 is 14.5 Å². The molecule has 1 aliphatic rings. The summed E-state index contributed by atoms with van der Waals surface area (Å²) in [5.74, 6) is -0.315. The van der Waals surface area contributed by atoms with E-state index in [0.717, 1.165) is 5.69 Å². The zero-order chi connectivity index (χ0) is 17.6. The summed E-state index contributed by atoms with van der Waals surface area (Å²) in [6.07, 6.45) is 1.43. The number of benzene rings is 1. The van der Waals surface area contributed by atoms with Crippen LogP contribution in [0.2, 0.25) is 0 Å². The topological polar surface area (TPSA) is 97.1 Å². The van der Waals surface area contributed by atoms with Crippen molar-refractivity contribution in [2.24, 2.45) is 5.10 Å². The predicted octanol–water partition coefficient (Wildman–Crippen LogP) is 2.26. The minimum atomic E-state index is -0.454. The van der Waals surface area contributed by atoms with Crippen molar-refractivity contribution in [1.29, 1.82) is 0 Å². The highest BCUT2D eigenvalue weighted by Crippen LogP contribution is 2.25. The van der Waals surface area contributed by atoms with Crippen LogP contribution in [0, 0.1) is 10.1 Å². The molecule has 1 fully saturated rings. The van der Waals surface area contributed by atoms with Gasteiger partial charge in [-0.1, -0.05) is 6.07 Å². The number of carbonyl (C=O) groups excluding carboxylic acids is 1. The van der Waals surface area contributed by atoms with Crippen molar-refractivity contribution in [2.75, 3.05) is 31.2 Å². The highest BCUT2D eigenvalue weighted by Gasteiger charge is 2.17. The molecule has 130 valence electrons. The van der Waals surface area contributed by atoms with E-state index in [4.69, 9.17) is 4.74 Å². The second kappa shape index (κ2) is 7.86. The van der Waals surface area contributed by atoms with Crippen molar-refractivity contribution in [1.82, 2.24) is 5.43 Å². The highest BCUT2D eigenvalue weighted by atomic mass is 32.1.